The highest BCUT2D eigenvalue weighted by Gasteiger charge is 2.21. The molecular formula is C26H28N2O5S. The summed E-state index contributed by atoms with van der Waals surface area (Å²) in [4.78, 5) is 26.8. The number of rotatable bonds is 9. The number of likely N-dealkylation sites (N-methyl/N-ethyl adjacent to an activating group) is 1. The Morgan fingerprint density at radius 1 is 0.912 bits per heavy atom. The SMILES string of the molecule is CCN(Cc1ccccc1)C(=O)COC(=O)c1cc(S(=O)(=O)Nc2ccccc2C)ccc1C. The second-order valence-electron chi connectivity index (χ2n) is 7.87. The Kier molecular flexibility index (Phi) is 8.07. The van der Waals surface area contributed by atoms with Crippen molar-refractivity contribution in [3.8, 4) is 0 Å². The third kappa shape index (κ3) is 6.23. The highest BCUT2D eigenvalue weighted by Crippen LogP contribution is 2.22. The van der Waals surface area contributed by atoms with E-state index in [1.807, 2.05) is 43.3 Å². The predicted octanol–water partition coefficient (Wildman–Crippen LogP) is 4.31. The van der Waals surface area contributed by atoms with Gasteiger partial charge in [0.15, 0.2) is 6.61 Å². The van der Waals surface area contributed by atoms with Gasteiger partial charge in [0.1, 0.15) is 0 Å². The number of hydrogen-bond acceptors (Lipinski definition) is 5. The third-order valence-corrected chi connectivity index (χ3v) is 6.77. The van der Waals surface area contributed by atoms with Crippen LogP contribution in [0.3, 0.4) is 0 Å². The van der Waals surface area contributed by atoms with Crippen molar-refractivity contribution >= 4 is 27.6 Å². The molecule has 1 N–H and O–H groups in total. The lowest BCUT2D eigenvalue weighted by Gasteiger charge is -2.21. The molecule has 0 unspecified atom stereocenters. The molecule has 34 heavy (non-hydrogen) atoms. The molecule has 7 nitrogen and oxygen atoms in total. The first kappa shape index (κ1) is 25.0. The van der Waals surface area contributed by atoms with Crippen molar-refractivity contribution in [3.05, 3.63) is 95.1 Å². The van der Waals surface area contributed by atoms with Crippen LogP contribution in [0.2, 0.25) is 0 Å². The number of sulfonamides is 1. The van der Waals surface area contributed by atoms with E-state index in [2.05, 4.69) is 4.72 Å². The van der Waals surface area contributed by atoms with Crippen LogP contribution in [-0.2, 0) is 26.1 Å². The minimum Gasteiger partial charge on any atom is -0.452 e. The van der Waals surface area contributed by atoms with Crippen molar-refractivity contribution in [3.63, 3.8) is 0 Å². The summed E-state index contributed by atoms with van der Waals surface area (Å²) in [6.45, 7) is 5.76. The number of benzene rings is 3. The van der Waals surface area contributed by atoms with Crippen LogP contribution in [0.25, 0.3) is 0 Å². The van der Waals surface area contributed by atoms with E-state index in [0.29, 0.717) is 24.3 Å². The monoisotopic (exact) mass is 480 g/mol. The fourth-order valence-corrected chi connectivity index (χ4v) is 4.51. The molecule has 0 radical (unpaired) electrons. The summed E-state index contributed by atoms with van der Waals surface area (Å²) < 4.78 is 33.6. The lowest BCUT2D eigenvalue weighted by molar-refractivity contribution is -0.134. The molecule has 0 saturated heterocycles. The maximum atomic E-state index is 12.9. The zero-order valence-corrected chi connectivity index (χ0v) is 20.3. The Labute approximate surface area is 200 Å². The average molecular weight is 481 g/mol. The molecule has 1 amide bonds. The van der Waals surface area contributed by atoms with Crippen LogP contribution in [0.5, 0.6) is 0 Å². The second kappa shape index (κ2) is 11.0. The zero-order valence-electron chi connectivity index (χ0n) is 19.4. The summed E-state index contributed by atoms with van der Waals surface area (Å²) in [5, 5.41) is 0. The number of nitrogens with zero attached hydrogens (tertiary/aromatic N) is 1. The Hall–Kier alpha value is -3.65. The summed E-state index contributed by atoms with van der Waals surface area (Å²) in [6, 6.07) is 20.8. The van der Waals surface area contributed by atoms with Crippen LogP contribution in [0, 0.1) is 13.8 Å². The van der Waals surface area contributed by atoms with Gasteiger partial charge in [0.2, 0.25) is 0 Å². The molecule has 3 aromatic rings. The molecule has 0 aliphatic heterocycles. The number of anilines is 1. The van der Waals surface area contributed by atoms with Gasteiger partial charge in [-0.15, -0.1) is 0 Å². The number of amides is 1. The normalized spacial score (nSPS) is 11.0. The average Bonchev–Trinajstić information content (AvgIpc) is 2.83. The van der Waals surface area contributed by atoms with E-state index >= 15 is 0 Å². The molecule has 8 heteroatoms. The Bertz CT molecular complexity index is 1270. The maximum Gasteiger partial charge on any atom is 0.338 e. The molecule has 3 aromatic carbocycles. The van der Waals surface area contributed by atoms with Crippen LogP contribution in [0.1, 0.15) is 34.0 Å². The molecule has 0 aliphatic carbocycles. The van der Waals surface area contributed by atoms with Gasteiger partial charge in [-0.05, 0) is 55.7 Å². The third-order valence-electron chi connectivity index (χ3n) is 5.41. The van der Waals surface area contributed by atoms with E-state index in [0.717, 1.165) is 11.1 Å². The number of hydrogen-bond donors (Lipinski definition) is 1. The highest BCUT2D eigenvalue weighted by atomic mass is 32.2. The zero-order chi connectivity index (χ0) is 24.7. The van der Waals surface area contributed by atoms with Gasteiger partial charge in [-0.3, -0.25) is 9.52 Å². The van der Waals surface area contributed by atoms with Crippen molar-refractivity contribution in [2.45, 2.75) is 32.2 Å². The van der Waals surface area contributed by atoms with Gasteiger partial charge in [-0.1, -0.05) is 54.6 Å². The molecule has 0 atom stereocenters. The molecule has 0 bridgehead atoms. The number of aryl methyl sites for hydroxylation is 2. The first-order chi connectivity index (χ1) is 16.2. The van der Waals surface area contributed by atoms with Crippen molar-refractivity contribution in [1.29, 1.82) is 0 Å². The van der Waals surface area contributed by atoms with Gasteiger partial charge in [0, 0.05) is 13.1 Å². The minimum absolute atomic E-state index is 0.0705. The van der Waals surface area contributed by atoms with Crippen molar-refractivity contribution in [2.24, 2.45) is 0 Å². The molecule has 0 fully saturated rings. The summed E-state index contributed by atoms with van der Waals surface area (Å²) in [5.41, 5.74) is 2.83. The molecule has 0 saturated carbocycles. The highest BCUT2D eigenvalue weighted by molar-refractivity contribution is 7.92. The summed E-state index contributed by atoms with van der Waals surface area (Å²) in [5.74, 6) is -1.09. The van der Waals surface area contributed by atoms with Gasteiger partial charge in [0.05, 0.1) is 16.1 Å². The molecule has 3 rings (SSSR count). The predicted molar refractivity (Wildman–Crippen MR) is 131 cm³/mol. The van der Waals surface area contributed by atoms with E-state index in [4.69, 9.17) is 4.74 Å². The Morgan fingerprint density at radius 3 is 2.26 bits per heavy atom. The van der Waals surface area contributed by atoms with E-state index in [1.165, 1.54) is 12.1 Å². The molecule has 0 heterocycles. The number of nitrogens with one attached hydrogen (secondary N) is 1. The summed E-state index contributed by atoms with van der Waals surface area (Å²) in [6.07, 6.45) is 0. The summed E-state index contributed by atoms with van der Waals surface area (Å²) >= 11 is 0. The van der Waals surface area contributed by atoms with Gasteiger partial charge < -0.3 is 9.64 Å². The quantitative estimate of drug-likeness (QED) is 0.461. The number of ether oxygens (including phenoxy) is 1. The number of para-hydroxylation sites is 1. The van der Waals surface area contributed by atoms with Gasteiger partial charge in [-0.25, -0.2) is 13.2 Å². The Balaban J connectivity index is 1.70. The lowest BCUT2D eigenvalue weighted by Crippen LogP contribution is -2.34. The molecule has 0 aromatic heterocycles. The lowest BCUT2D eigenvalue weighted by atomic mass is 10.1. The fourth-order valence-electron chi connectivity index (χ4n) is 3.36. The van der Waals surface area contributed by atoms with Crippen molar-refractivity contribution < 1.29 is 22.7 Å². The minimum atomic E-state index is -3.92. The van der Waals surface area contributed by atoms with E-state index in [9.17, 15) is 18.0 Å². The standard InChI is InChI=1S/C26H28N2O5S/c1-4-28(17-21-11-6-5-7-12-21)25(29)18-33-26(30)23-16-22(15-14-19(23)2)34(31,32)27-24-13-9-8-10-20(24)3/h5-16,27H,4,17-18H2,1-3H3. The number of carbonyl (C=O) groups excluding carboxylic acids is 2. The first-order valence-electron chi connectivity index (χ1n) is 10.9. The van der Waals surface area contributed by atoms with E-state index in [-0.39, 0.29) is 16.4 Å². The smallest absolute Gasteiger partial charge is 0.338 e. The van der Waals surface area contributed by atoms with Gasteiger partial charge in [-0.2, -0.15) is 0 Å². The van der Waals surface area contributed by atoms with Crippen LogP contribution in [-0.4, -0.2) is 38.3 Å². The first-order valence-corrected chi connectivity index (χ1v) is 12.4. The summed E-state index contributed by atoms with van der Waals surface area (Å²) in [7, 11) is -3.92. The van der Waals surface area contributed by atoms with Crippen LogP contribution in [0.4, 0.5) is 5.69 Å². The Morgan fingerprint density at radius 2 is 1.59 bits per heavy atom. The van der Waals surface area contributed by atoms with E-state index in [1.54, 1.807) is 43.0 Å². The van der Waals surface area contributed by atoms with Gasteiger partial charge >= 0.3 is 5.97 Å². The fraction of sp³-hybridized carbons (Fsp3) is 0.231. The van der Waals surface area contributed by atoms with Crippen LogP contribution < -0.4 is 4.72 Å². The molecular weight excluding hydrogens is 452 g/mol. The molecule has 0 aliphatic rings. The van der Waals surface area contributed by atoms with Crippen molar-refractivity contribution in [1.82, 2.24) is 4.90 Å². The van der Waals surface area contributed by atoms with Crippen LogP contribution in [0.15, 0.2) is 77.7 Å². The van der Waals surface area contributed by atoms with Gasteiger partial charge in [0.25, 0.3) is 15.9 Å². The number of carbonyl (C=O) groups is 2. The topological polar surface area (TPSA) is 92.8 Å². The van der Waals surface area contributed by atoms with Crippen molar-refractivity contribution in [2.75, 3.05) is 17.9 Å². The van der Waals surface area contributed by atoms with E-state index < -0.39 is 22.6 Å². The largest absolute Gasteiger partial charge is 0.452 e. The number of esters is 1. The van der Waals surface area contributed by atoms with Crippen LogP contribution >= 0.6 is 0 Å². The molecule has 0 spiro atoms. The molecule has 178 valence electrons. The maximum absolute atomic E-state index is 12.9. The second-order valence-corrected chi connectivity index (χ2v) is 9.55.